The number of ketones is 1. The number of hydrogen-bond acceptors (Lipinski definition) is 1. The van der Waals surface area contributed by atoms with Crippen LogP contribution in [0.25, 0.3) is 0 Å². The van der Waals surface area contributed by atoms with Crippen LogP contribution in [0.4, 0.5) is 0 Å². The van der Waals surface area contributed by atoms with E-state index >= 15 is 0 Å². The summed E-state index contributed by atoms with van der Waals surface area (Å²) in [6.07, 6.45) is 0. The third kappa shape index (κ3) is 0.0961. The Balaban J connectivity index is 1.51. The van der Waals surface area contributed by atoms with Gasteiger partial charge >= 0.3 is 113 Å². The van der Waals surface area contributed by atoms with Crippen LogP contribution in [0.3, 0.4) is 0 Å². The standard InChI is InChI=1S/C12H11.C7H7O.Fe/c1-10-5-4-8-12(9-10)11-6-2-3-7-11;1-6(8)7-4-2-3-5-7;/h2-9H,1H3;2-5H,1H3;. The van der Waals surface area contributed by atoms with E-state index in [0.29, 0.717) is 14.4 Å². The number of carbonyl (C=O) groups excluding carboxylic acids is 1. The van der Waals surface area contributed by atoms with Gasteiger partial charge in [-0.05, 0) is 0 Å². The van der Waals surface area contributed by atoms with Crippen LogP contribution >= 0.6 is 0 Å². The van der Waals surface area contributed by atoms with Crippen molar-refractivity contribution in [2.75, 3.05) is 0 Å². The van der Waals surface area contributed by atoms with Gasteiger partial charge in [-0.1, -0.05) is 0 Å². The molecule has 0 aliphatic carbocycles. The van der Waals surface area contributed by atoms with E-state index in [1.54, 1.807) is 5.56 Å². The number of carbonyl (C=O) groups is 1. The summed E-state index contributed by atoms with van der Waals surface area (Å²) in [5, 5.41) is 0. The second-order valence-corrected chi connectivity index (χ2v) is 35.4. The van der Waals surface area contributed by atoms with Crippen LogP contribution in [0.5, 0.6) is 0 Å². The van der Waals surface area contributed by atoms with E-state index < -0.39 is 6.51 Å². The summed E-state index contributed by atoms with van der Waals surface area (Å²) in [4.78, 5) is 22.1. The van der Waals surface area contributed by atoms with Gasteiger partial charge in [0.25, 0.3) is 0 Å². The Hall–Kier alpha value is -0.591. The molecule has 1 aromatic rings. The van der Waals surface area contributed by atoms with Gasteiger partial charge in [-0.3, -0.25) is 0 Å². The number of rotatable bonds is 2. The van der Waals surface area contributed by atoms with Crippen molar-refractivity contribution >= 4 is 5.78 Å². The van der Waals surface area contributed by atoms with Gasteiger partial charge in [0.05, 0.1) is 0 Å². The maximum atomic E-state index is 12.9. The zero-order valence-corrected chi connectivity index (χ0v) is 13.3. The average molecular weight is 318 g/mol. The van der Waals surface area contributed by atoms with E-state index in [9.17, 15) is 4.79 Å². The van der Waals surface area contributed by atoms with Gasteiger partial charge in [0.1, 0.15) is 0 Å². The molecule has 10 aliphatic rings. The van der Waals surface area contributed by atoms with Crippen LogP contribution in [0, 0.1) is 6.92 Å². The number of Topliss-reactive ketones (excluding diaryl/α,β-unsaturated/α-hetero) is 1. The van der Waals surface area contributed by atoms with Crippen molar-refractivity contribution in [2.45, 2.75) is 61.0 Å². The summed E-state index contributed by atoms with van der Waals surface area (Å²) < 4.78 is 1.12. The van der Waals surface area contributed by atoms with Gasteiger partial charge in [0.15, 0.2) is 0 Å². The van der Waals surface area contributed by atoms with Gasteiger partial charge in [0, 0.05) is 0 Å². The number of fused-ring (bicyclic) bond motifs is 10. The molecular weight excluding hydrogens is 300 g/mol. The van der Waals surface area contributed by atoms with Crippen LogP contribution in [0.15, 0.2) is 24.3 Å². The molecule has 10 heterocycles. The van der Waals surface area contributed by atoms with Crippen LogP contribution < -0.4 is 0 Å². The third-order valence-electron chi connectivity index (χ3n) is 16.8. The van der Waals surface area contributed by atoms with Crippen molar-refractivity contribution in [3.8, 4) is 0 Å². The van der Waals surface area contributed by atoms with E-state index in [1.165, 1.54) is 24.8 Å². The Kier molecular flexibility index (Phi) is 0.298. The molecule has 0 radical (unpaired) electrons. The average Bonchev–Trinajstić information content (AvgIpc) is 3.40. The van der Waals surface area contributed by atoms with Gasteiger partial charge in [-0.25, -0.2) is 0 Å². The molecule has 0 saturated carbocycles. The predicted molar refractivity (Wildman–Crippen MR) is 76.2 cm³/mol. The van der Waals surface area contributed by atoms with E-state index in [-0.39, 0.29) is 0 Å². The van der Waals surface area contributed by atoms with Crippen LogP contribution in [-0.4, -0.2) is 5.78 Å². The van der Waals surface area contributed by atoms with Crippen LogP contribution in [0.2, 0.25) is 42.8 Å². The van der Waals surface area contributed by atoms with E-state index in [4.69, 9.17) is 0 Å². The first-order valence-electron chi connectivity index (χ1n) is 8.67. The van der Waals surface area contributed by atoms with E-state index in [1.807, 2.05) is 6.92 Å². The van der Waals surface area contributed by atoms with Gasteiger partial charge in [-0.15, -0.1) is 0 Å². The summed E-state index contributed by atoms with van der Waals surface area (Å²) >= 11 is 0. The molecule has 8 unspecified atom stereocenters. The number of benzene rings is 1. The molecule has 0 amide bonds. The summed E-state index contributed by atoms with van der Waals surface area (Å²) in [6.45, 7) is 0.764. The molecule has 2 heteroatoms. The molecule has 108 valence electrons. The third-order valence-corrected chi connectivity index (χ3v) is 59.7. The Morgan fingerprint density at radius 2 is 1.67 bits per heavy atom. The first kappa shape index (κ1) is 8.31. The molecule has 8 atom stereocenters. The molecule has 0 N–H and O–H groups in total. The molecule has 1 aromatic carbocycles. The molecule has 11 rings (SSSR count). The Labute approximate surface area is 113 Å². The molecular formula is C19H18FeO. The van der Waals surface area contributed by atoms with E-state index in [2.05, 4.69) is 31.2 Å². The Morgan fingerprint density at radius 3 is 2.10 bits per heavy atom. The zero-order chi connectivity index (χ0) is 13.5. The molecule has 0 bridgehead atoms. The molecule has 1 spiro atoms. The van der Waals surface area contributed by atoms with Crippen molar-refractivity contribution in [3.05, 3.63) is 35.4 Å². The molecule has 0 aromatic heterocycles. The fourth-order valence-electron chi connectivity index (χ4n) is 19.2. The molecule has 10 saturated heterocycles. The first-order chi connectivity index (χ1) is 9.87. The normalized spacial score (nSPS) is 102. The minimum absolute atomic E-state index is 0.415. The van der Waals surface area contributed by atoms with Crippen molar-refractivity contribution in [2.24, 2.45) is 0 Å². The Morgan fingerprint density at radius 1 is 1.05 bits per heavy atom. The monoisotopic (exact) mass is 318 g/mol. The fraction of sp³-hybridized carbons (Fsp3) is 0.632. The summed E-state index contributed by atoms with van der Waals surface area (Å²) in [6, 6.07) is 9.57. The zero-order valence-electron chi connectivity index (χ0n) is 12.2. The predicted octanol–water partition coefficient (Wildman–Crippen LogP) is 4.75. The number of aryl methyl sites for hydroxylation is 1. The maximum absolute atomic E-state index is 12.9. The molecule has 10 aliphatic heterocycles. The van der Waals surface area contributed by atoms with Crippen molar-refractivity contribution in [3.63, 3.8) is 0 Å². The molecule has 1 nitrogen and oxygen atoms in total. The topological polar surface area (TPSA) is 17.1 Å². The van der Waals surface area contributed by atoms with Crippen LogP contribution in [-0.2, 0) is 15.6 Å². The van der Waals surface area contributed by atoms with Gasteiger partial charge in [0.2, 0.25) is 0 Å². The van der Waals surface area contributed by atoms with Gasteiger partial charge in [-0.2, -0.15) is 0 Å². The second kappa shape index (κ2) is 0.754. The summed E-state index contributed by atoms with van der Waals surface area (Å²) in [7, 11) is 0. The summed E-state index contributed by atoms with van der Waals surface area (Å²) in [5.41, 5.74) is 3.19. The SMILES string of the molecule is CC(=O)[C]12[CH]3[CH]4[CH]5[CH]1[Fe]45321678[CH]2[CH]1[CH]6[C]7(c1cccc(C)c1)[CH]28. The first-order valence-corrected chi connectivity index (χ1v) is 14.9. The van der Waals surface area contributed by atoms with Crippen molar-refractivity contribution in [1.82, 2.24) is 0 Å². The van der Waals surface area contributed by atoms with Crippen molar-refractivity contribution < 1.29 is 11.3 Å². The molecule has 21 heavy (non-hydrogen) atoms. The number of hydrogen-bond donors (Lipinski definition) is 0. The fourth-order valence-corrected chi connectivity index (χ4v) is 95.7. The second-order valence-electron chi connectivity index (χ2n) is 12.2. The van der Waals surface area contributed by atoms with Crippen LogP contribution in [0.1, 0.15) is 18.1 Å². The quantitative estimate of drug-likeness (QED) is 0.719. The van der Waals surface area contributed by atoms with Gasteiger partial charge < -0.3 is 0 Å². The van der Waals surface area contributed by atoms with Crippen molar-refractivity contribution in [1.29, 1.82) is 0 Å². The van der Waals surface area contributed by atoms with E-state index in [0.717, 1.165) is 19.3 Å². The Bertz CT molecular complexity index is 1330. The minimum atomic E-state index is -3.50. The molecule has 10 fully saturated rings. The summed E-state index contributed by atoms with van der Waals surface area (Å²) in [5.74, 6) is 0.695.